The van der Waals surface area contributed by atoms with Crippen molar-refractivity contribution in [2.45, 2.75) is 6.92 Å². The highest BCUT2D eigenvalue weighted by molar-refractivity contribution is 9.10. The molecule has 0 atom stereocenters. The first-order chi connectivity index (χ1) is 14.3. The molecule has 152 valence electrons. The highest BCUT2D eigenvalue weighted by Crippen LogP contribution is 2.26. The van der Waals surface area contributed by atoms with Crippen LogP contribution in [0.4, 0.5) is 0 Å². The number of carbonyl (C=O) groups is 2. The maximum absolute atomic E-state index is 12.5. The number of rotatable bonds is 5. The van der Waals surface area contributed by atoms with Crippen molar-refractivity contribution in [3.05, 3.63) is 97.4 Å². The second kappa shape index (κ2) is 9.89. The summed E-state index contributed by atoms with van der Waals surface area (Å²) in [6.07, 6.45) is 1.39. The number of carbonyl (C=O) groups excluding carboxylic acids is 2. The van der Waals surface area contributed by atoms with E-state index in [1.54, 1.807) is 42.5 Å². The summed E-state index contributed by atoms with van der Waals surface area (Å²) in [4.78, 5) is 24.7. The molecule has 5 nitrogen and oxygen atoms in total. The fraction of sp³-hybridized carbons (Fsp3) is 0.0455. The first-order valence-corrected chi connectivity index (χ1v) is 10.3. The van der Waals surface area contributed by atoms with E-state index in [4.69, 9.17) is 27.9 Å². The number of benzene rings is 3. The summed E-state index contributed by atoms with van der Waals surface area (Å²) in [5.41, 5.74) is 4.58. The Bertz CT molecular complexity index is 1150. The predicted molar refractivity (Wildman–Crippen MR) is 122 cm³/mol. The number of nitrogens with zero attached hydrogens (tertiary/aromatic N) is 1. The average molecular weight is 506 g/mol. The van der Waals surface area contributed by atoms with E-state index in [1.807, 2.05) is 13.0 Å². The van der Waals surface area contributed by atoms with E-state index in [0.29, 0.717) is 16.1 Å². The molecule has 0 unspecified atom stereocenters. The highest BCUT2D eigenvalue weighted by Gasteiger charge is 2.15. The van der Waals surface area contributed by atoms with Crippen LogP contribution in [0.15, 0.2) is 70.2 Å². The fourth-order valence-corrected chi connectivity index (χ4v) is 3.40. The van der Waals surface area contributed by atoms with Gasteiger partial charge in [-0.25, -0.2) is 10.2 Å². The molecule has 3 aromatic rings. The smallest absolute Gasteiger partial charge is 0.345 e. The summed E-state index contributed by atoms with van der Waals surface area (Å²) in [5, 5.41) is 4.58. The Morgan fingerprint density at radius 2 is 1.87 bits per heavy atom. The van der Waals surface area contributed by atoms with Crippen LogP contribution in [-0.4, -0.2) is 18.1 Å². The molecule has 0 aliphatic carbocycles. The second-order valence-corrected chi connectivity index (χ2v) is 8.02. The summed E-state index contributed by atoms with van der Waals surface area (Å²) in [5.74, 6) is -0.739. The topological polar surface area (TPSA) is 67.8 Å². The number of hydrogen-bond donors (Lipinski definition) is 1. The van der Waals surface area contributed by atoms with Crippen molar-refractivity contribution in [2.75, 3.05) is 0 Å². The molecule has 0 saturated carbocycles. The van der Waals surface area contributed by atoms with Gasteiger partial charge in [0.05, 0.1) is 16.8 Å². The minimum atomic E-state index is -0.641. The molecule has 1 N–H and O–H groups in total. The number of hydrazone groups is 1. The summed E-state index contributed by atoms with van der Waals surface area (Å²) in [6, 6.07) is 16.7. The third-order valence-corrected chi connectivity index (χ3v) is 5.02. The van der Waals surface area contributed by atoms with Gasteiger partial charge in [-0.05, 0) is 55.5 Å². The zero-order valence-electron chi connectivity index (χ0n) is 15.7. The van der Waals surface area contributed by atoms with Crippen LogP contribution in [0.1, 0.15) is 31.8 Å². The molecule has 3 rings (SSSR count). The summed E-state index contributed by atoms with van der Waals surface area (Å²) < 4.78 is 6.22. The van der Waals surface area contributed by atoms with Crippen molar-refractivity contribution >= 4 is 57.2 Å². The zero-order valence-corrected chi connectivity index (χ0v) is 18.8. The van der Waals surface area contributed by atoms with E-state index in [1.165, 1.54) is 18.3 Å². The molecule has 8 heteroatoms. The molecule has 0 aromatic heterocycles. The molecule has 0 radical (unpaired) electrons. The van der Waals surface area contributed by atoms with Gasteiger partial charge in [0, 0.05) is 20.6 Å². The van der Waals surface area contributed by atoms with Crippen molar-refractivity contribution in [1.82, 2.24) is 5.43 Å². The standard InChI is InChI=1S/C22H15BrCl2N2O3/c1-13-3-2-4-14(9-13)21(28)27-26-12-15-10-16(23)5-8-20(15)30-22(29)18-7-6-17(24)11-19(18)25/h2-12H,1H3,(H,27,28)/b26-12-. The van der Waals surface area contributed by atoms with Crippen LogP contribution < -0.4 is 10.2 Å². The third-order valence-electron chi connectivity index (χ3n) is 3.98. The maximum atomic E-state index is 12.5. The normalized spacial score (nSPS) is 10.8. The number of amides is 1. The Balaban J connectivity index is 1.77. The Hall–Kier alpha value is -2.67. The first kappa shape index (κ1) is 22.0. The van der Waals surface area contributed by atoms with Gasteiger partial charge in [0.25, 0.3) is 5.91 Å². The number of ether oxygens (including phenoxy) is 1. The van der Waals surface area contributed by atoms with Crippen LogP contribution in [0.3, 0.4) is 0 Å². The molecule has 0 spiro atoms. The van der Waals surface area contributed by atoms with E-state index in [2.05, 4.69) is 26.5 Å². The molecular formula is C22H15BrCl2N2O3. The van der Waals surface area contributed by atoms with Crippen LogP contribution in [-0.2, 0) is 0 Å². The van der Waals surface area contributed by atoms with Gasteiger partial charge < -0.3 is 4.74 Å². The molecule has 0 bridgehead atoms. The maximum Gasteiger partial charge on any atom is 0.345 e. The highest BCUT2D eigenvalue weighted by atomic mass is 79.9. The second-order valence-electron chi connectivity index (χ2n) is 6.26. The van der Waals surface area contributed by atoms with Gasteiger partial charge in [0.2, 0.25) is 0 Å². The molecule has 0 aliphatic rings. The van der Waals surface area contributed by atoms with E-state index < -0.39 is 5.97 Å². The summed E-state index contributed by atoms with van der Waals surface area (Å²) in [7, 11) is 0. The SMILES string of the molecule is Cc1cccc(C(=O)N/N=C\c2cc(Br)ccc2OC(=O)c2ccc(Cl)cc2Cl)c1. The van der Waals surface area contributed by atoms with Crippen LogP contribution in [0.25, 0.3) is 0 Å². The monoisotopic (exact) mass is 504 g/mol. The minimum absolute atomic E-state index is 0.180. The fourth-order valence-electron chi connectivity index (χ4n) is 2.53. The lowest BCUT2D eigenvalue weighted by molar-refractivity contribution is 0.0734. The van der Waals surface area contributed by atoms with Crippen LogP contribution in [0.5, 0.6) is 5.75 Å². The Morgan fingerprint density at radius 3 is 2.60 bits per heavy atom. The largest absolute Gasteiger partial charge is 0.422 e. The molecular weight excluding hydrogens is 491 g/mol. The lowest BCUT2D eigenvalue weighted by Gasteiger charge is -2.09. The quantitative estimate of drug-likeness (QED) is 0.199. The lowest BCUT2D eigenvalue weighted by Crippen LogP contribution is -2.17. The average Bonchev–Trinajstić information content (AvgIpc) is 2.69. The van der Waals surface area contributed by atoms with Gasteiger partial charge in [-0.1, -0.05) is 56.8 Å². The van der Waals surface area contributed by atoms with Gasteiger partial charge in [-0.15, -0.1) is 0 Å². The van der Waals surface area contributed by atoms with Crippen LogP contribution in [0.2, 0.25) is 10.0 Å². The van der Waals surface area contributed by atoms with Crippen molar-refractivity contribution in [3.63, 3.8) is 0 Å². The van der Waals surface area contributed by atoms with E-state index in [0.717, 1.165) is 10.0 Å². The van der Waals surface area contributed by atoms with Crippen molar-refractivity contribution < 1.29 is 14.3 Å². The Morgan fingerprint density at radius 1 is 1.07 bits per heavy atom. The number of aryl methyl sites for hydroxylation is 1. The number of nitrogens with one attached hydrogen (secondary N) is 1. The van der Waals surface area contributed by atoms with Crippen molar-refractivity contribution in [2.24, 2.45) is 5.10 Å². The van der Waals surface area contributed by atoms with Gasteiger partial charge in [-0.3, -0.25) is 4.79 Å². The third kappa shape index (κ3) is 5.69. The van der Waals surface area contributed by atoms with Crippen molar-refractivity contribution in [1.29, 1.82) is 0 Å². The molecule has 0 heterocycles. The summed E-state index contributed by atoms with van der Waals surface area (Å²) in [6.45, 7) is 1.90. The number of hydrogen-bond acceptors (Lipinski definition) is 4. The number of halogens is 3. The molecule has 1 amide bonds. The van der Waals surface area contributed by atoms with Crippen LogP contribution >= 0.6 is 39.1 Å². The lowest BCUT2D eigenvalue weighted by atomic mass is 10.1. The Kier molecular flexibility index (Phi) is 7.26. The van der Waals surface area contributed by atoms with E-state index in [-0.39, 0.29) is 22.2 Å². The van der Waals surface area contributed by atoms with Gasteiger partial charge in [0.1, 0.15) is 5.75 Å². The van der Waals surface area contributed by atoms with Crippen molar-refractivity contribution in [3.8, 4) is 5.75 Å². The van der Waals surface area contributed by atoms with Gasteiger partial charge >= 0.3 is 5.97 Å². The molecule has 30 heavy (non-hydrogen) atoms. The predicted octanol–water partition coefficient (Wildman–Crippen LogP) is 6.05. The zero-order chi connectivity index (χ0) is 21.7. The van der Waals surface area contributed by atoms with E-state index >= 15 is 0 Å². The molecule has 0 saturated heterocycles. The number of esters is 1. The minimum Gasteiger partial charge on any atom is -0.422 e. The van der Waals surface area contributed by atoms with Gasteiger partial charge in [-0.2, -0.15) is 5.10 Å². The molecule has 0 fully saturated rings. The van der Waals surface area contributed by atoms with Gasteiger partial charge in [0.15, 0.2) is 0 Å². The molecule has 0 aliphatic heterocycles. The Labute approximate surface area is 191 Å². The van der Waals surface area contributed by atoms with Crippen LogP contribution in [0, 0.1) is 6.92 Å². The first-order valence-electron chi connectivity index (χ1n) is 8.70. The molecule has 3 aromatic carbocycles. The summed E-state index contributed by atoms with van der Waals surface area (Å²) >= 11 is 15.3. The van der Waals surface area contributed by atoms with E-state index in [9.17, 15) is 9.59 Å².